The summed E-state index contributed by atoms with van der Waals surface area (Å²) in [6.45, 7) is 0.437. The number of aliphatic hydroxyl groups excluding tert-OH is 1. The molecule has 12 nitrogen and oxygen atoms in total. The minimum atomic E-state index is -3.95. The number of ketones is 1. The fourth-order valence-corrected chi connectivity index (χ4v) is 4.69. The Balaban J connectivity index is 1.46. The van der Waals surface area contributed by atoms with Crippen molar-refractivity contribution in [2.75, 3.05) is 12.4 Å². The maximum atomic E-state index is 13.1. The number of pyridine rings is 1. The van der Waals surface area contributed by atoms with Gasteiger partial charge in [-0.05, 0) is 46.5 Å². The minimum Gasteiger partial charge on any atom is -0.390 e. The van der Waals surface area contributed by atoms with E-state index in [0.29, 0.717) is 6.54 Å². The van der Waals surface area contributed by atoms with Crippen molar-refractivity contribution in [3.8, 4) is 0 Å². The van der Waals surface area contributed by atoms with Crippen molar-refractivity contribution in [1.82, 2.24) is 29.5 Å². The molecule has 0 spiro atoms. The maximum Gasteiger partial charge on any atom is 0.335 e. The summed E-state index contributed by atoms with van der Waals surface area (Å²) in [5.41, 5.74) is 1.34. The van der Waals surface area contributed by atoms with Gasteiger partial charge in [-0.3, -0.25) is 18.6 Å². The molecule has 1 aliphatic rings. The van der Waals surface area contributed by atoms with Gasteiger partial charge in [0.15, 0.2) is 0 Å². The predicted molar refractivity (Wildman–Crippen MR) is 124 cm³/mol. The summed E-state index contributed by atoms with van der Waals surface area (Å²) in [5.74, 6) is -0.113. The van der Waals surface area contributed by atoms with E-state index in [0.717, 1.165) is 10.0 Å². The number of nitrogens with zero attached hydrogens (tertiary/aromatic N) is 5. The summed E-state index contributed by atoms with van der Waals surface area (Å²) < 4.78 is 32.8. The molecule has 14 heteroatoms. The lowest BCUT2D eigenvalue weighted by atomic mass is 10.1. The van der Waals surface area contributed by atoms with Gasteiger partial charge in [0.2, 0.25) is 5.78 Å². The Hall–Kier alpha value is -2.78. The molecule has 3 N–H and O–H groups in total. The molecular formula is C20H22BrN7O5S. The highest BCUT2D eigenvalue weighted by molar-refractivity contribution is 9.10. The second-order valence-electron chi connectivity index (χ2n) is 7.70. The van der Waals surface area contributed by atoms with Gasteiger partial charge >= 0.3 is 10.3 Å². The molecule has 180 valence electrons. The number of carbonyl (C=O) groups excluding carboxylic acids is 1. The quantitative estimate of drug-likeness (QED) is 0.325. The molecule has 1 fully saturated rings. The number of anilines is 1. The molecule has 4 rings (SSSR count). The summed E-state index contributed by atoms with van der Waals surface area (Å²) in [5, 5.41) is 17.7. The van der Waals surface area contributed by atoms with Gasteiger partial charge in [-0.15, -0.1) is 0 Å². The van der Waals surface area contributed by atoms with Crippen LogP contribution in [-0.4, -0.2) is 69.3 Å². The van der Waals surface area contributed by atoms with E-state index in [4.69, 9.17) is 4.18 Å². The van der Waals surface area contributed by atoms with Gasteiger partial charge < -0.3 is 10.4 Å². The van der Waals surface area contributed by atoms with E-state index in [1.165, 1.54) is 19.6 Å². The third kappa shape index (κ3) is 5.82. The first-order chi connectivity index (χ1) is 16.2. The van der Waals surface area contributed by atoms with E-state index in [2.05, 4.69) is 46.0 Å². The van der Waals surface area contributed by atoms with Crippen LogP contribution in [-0.2, 0) is 21.0 Å². The summed E-state index contributed by atoms with van der Waals surface area (Å²) in [7, 11) is -2.72. The van der Waals surface area contributed by atoms with E-state index in [-0.39, 0.29) is 41.7 Å². The number of carbonyl (C=O) groups is 1. The molecule has 0 aliphatic heterocycles. The highest BCUT2D eigenvalue weighted by Gasteiger charge is 2.37. The van der Waals surface area contributed by atoms with E-state index >= 15 is 0 Å². The third-order valence-electron chi connectivity index (χ3n) is 5.25. The zero-order valence-electron chi connectivity index (χ0n) is 18.0. The van der Waals surface area contributed by atoms with Crippen LogP contribution in [0.2, 0.25) is 0 Å². The first-order valence-electron chi connectivity index (χ1n) is 10.3. The molecule has 34 heavy (non-hydrogen) atoms. The van der Waals surface area contributed by atoms with Gasteiger partial charge in [0.1, 0.15) is 23.9 Å². The number of hydrogen-bond donors (Lipinski definition) is 3. The summed E-state index contributed by atoms with van der Waals surface area (Å²) in [4.78, 5) is 25.4. The van der Waals surface area contributed by atoms with Crippen LogP contribution in [0.1, 0.15) is 34.5 Å². The van der Waals surface area contributed by atoms with Gasteiger partial charge in [0.05, 0.1) is 18.2 Å². The van der Waals surface area contributed by atoms with Crippen LogP contribution >= 0.6 is 15.9 Å². The van der Waals surface area contributed by atoms with E-state index in [9.17, 15) is 18.3 Å². The van der Waals surface area contributed by atoms with Gasteiger partial charge in [-0.1, -0.05) is 0 Å². The Morgan fingerprint density at radius 1 is 1.29 bits per heavy atom. The lowest BCUT2D eigenvalue weighted by Gasteiger charge is -2.15. The van der Waals surface area contributed by atoms with Gasteiger partial charge in [-0.25, -0.2) is 9.97 Å². The number of aromatic nitrogens is 5. The molecule has 3 aromatic rings. The van der Waals surface area contributed by atoms with Crippen LogP contribution in [0.5, 0.6) is 0 Å². The van der Waals surface area contributed by atoms with Crippen LogP contribution in [0.4, 0.5) is 5.82 Å². The summed E-state index contributed by atoms with van der Waals surface area (Å²) >= 11 is 3.38. The van der Waals surface area contributed by atoms with Crippen molar-refractivity contribution in [1.29, 1.82) is 0 Å². The molecular weight excluding hydrogens is 530 g/mol. The lowest BCUT2D eigenvalue weighted by Crippen LogP contribution is -2.31. The Morgan fingerprint density at radius 2 is 2.12 bits per heavy atom. The molecule has 3 aromatic heterocycles. The molecule has 3 heterocycles. The van der Waals surface area contributed by atoms with Crippen molar-refractivity contribution in [2.24, 2.45) is 0 Å². The first kappa shape index (κ1) is 24.3. The SMILES string of the molecule is CNS(=O)(=O)O[C@@H]1C[C@H](Nc2ncncc2C(=O)c2ccn(Cc3cncc(Br)c3)n2)C[C@@H]1O. The topological polar surface area (TPSA) is 161 Å². The number of halogens is 1. The largest absolute Gasteiger partial charge is 0.390 e. The van der Waals surface area contributed by atoms with Crippen LogP contribution in [0.3, 0.4) is 0 Å². The zero-order chi connectivity index (χ0) is 24.3. The van der Waals surface area contributed by atoms with E-state index in [1.807, 2.05) is 6.07 Å². The van der Waals surface area contributed by atoms with Crippen molar-refractivity contribution in [2.45, 2.75) is 37.6 Å². The fourth-order valence-electron chi connectivity index (χ4n) is 3.65. The predicted octanol–water partition coefficient (Wildman–Crippen LogP) is 0.895. The van der Waals surface area contributed by atoms with Gasteiger partial charge in [0, 0.05) is 42.3 Å². The molecule has 0 bridgehead atoms. The third-order valence-corrected chi connectivity index (χ3v) is 6.68. The van der Waals surface area contributed by atoms with Gasteiger partial charge in [0.25, 0.3) is 0 Å². The van der Waals surface area contributed by atoms with E-state index in [1.54, 1.807) is 29.3 Å². The molecule has 0 radical (unpaired) electrons. The number of hydrogen-bond acceptors (Lipinski definition) is 10. The Kier molecular flexibility index (Phi) is 7.33. The van der Waals surface area contributed by atoms with Crippen molar-refractivity contribution >= 4 is 37.8 Å². The summed E-state index contributed by atoms with van der Waals surface area (Å²) in [6.07, 6.45) is 6.29. The Morgan fingerprint density at radius 3 is 2.88 bits per heavy atom. The van der Waals surface area contributed by atoms with Crippen LogP contribution in [0, 0.1) is 0 Å². The minimum absolute atomic E-state index is 0.203. The molecule has 0 saturated heterocycles. The lowest BCUT2D eigenvalue weighted by molar-refractivity contribution is 0.0636. The second kappa shape index (κ2) is 10.2. The summed E-state index contributed by atoms with van der Waals surface area (Å²) in [6, 6.07) is 3.16. The highest BCUT2D eigenvalue weighted by Crippen LogP contribution is 2.27. The first-order valence-corrected chi connectivity index (χ1v) is 12.5. The monoisotopic (exact) mass is 551 g/mol. The Bertz CT molecular complexity index is 1290. The maximum absolute atomic E-state index is 13.1. The number of nitrogens with one attached hydrogen (secondary N) is 2. The zero-order valence-corrected chi connectivity index (χ0v) is 20.4. The number of aliphatic hydroxyl groups is 1. The second-order valence-corrected chi connectivity index (χ2v) is 10.1. The standard InChI is InChI=1S/C20H22BrN7O5S/c1-22-34(31,32)33-18-6-14(5-17(18)29)26-20-15(9-24-11-25-20)19(30)16-2-3-28(27-16)10-12-4-13(21)8-23-7-12/h2-4,7-9,11,14,17-18,22,29H,5-6,10H2,1H3,(H,24,25,26)/t14-,17+,18-/m1/s1. The fraction of sp³-hybridized carbons (Fsp3) is 0.350. The molecule has 3 atom stereocenters. The van der Waals surface area contributed by atoms with Crippen LogP contribution < -0.4 is 10.0 Å². The highest BCUT2D eigenvalue weighted by atomic mass is 79.9. The molecule has 0 unspecified atom stereocenters. The van der Waals surface area contributed by atoms with Crippen LogP contribution in [0.25, 0.3) is 0 Å². The molecule has 0 amide bonds. The molecule has 1 aliphatic carbocycles. The normalized spacial score (nSPS) is 20.4. The average Bonchev–Trinajstić information content (AvgIpc) is 3.40. The van der Waals surface area contributed by atoms with Crippen molar-refractivity contribution in [3.63, 3.8) is 0 Å². The Labute approximate surface area is 204 Å². The number of rotatable bonds is 9. The average molecular weight is 552 g/mol. The smallest absolute Gasteiger partial charge is 0.335 e. The van der Waals surface area contributed by atoms with Gasteiger partial charge in [-0.2, -0.15) is 18.2 Å². The van der Waals surface area contributed by atoms with E-state index < -0.39 is 22.5 Å². The van der Waals surface area contributed by atoms with Crippen molar-refractivity contribution in [3.05, 3.63) is 64.5 Å². The van der Waals surface area contributed by atoms with Crippen molar-refractivity contribution < 1.29 is 22.5 Å². The van der Waals surface area contributed by atoms with Crippen LogP contribution in [0.15, 0.2) is 47.7 Å². The molecule has 1 saturated carbocycles. The molecule has 0 aromatic carbocycles.